The number of aryl methyl sites for hydroxylation is 2. The molecule has 5 heteroatoms. The number of nitro groups is 1. The number of carbonyl (C=O) groups is 1. The number of Topliss-reactive ketones (excluding diaryl/α,β-unsaturated/α-hetero) is 1. The third-order valence-electron chi connectivity index (χ3n) is 3.09. The van der Waals surface area contributed by atoms with Gasteiger partial charge in [0.15, 0.2) is 5.78 Å². The summed E-state index contributed by atoms with van der Waals surface area (Å²) in [6.45, 7) is 4.05. The molecule has 0 aliphatic carbocycles. The molecular weight excluding hydrogens is 286 g/mol. The van der Waals surface area contributed by atoms with E-state index in [9.17, 15) is 14.9 Å². The van der Waals surface area contributed by atoms with Gasteiger partial charge in [0.05, 0.1) is 10.7 Å². The van der Waals surface area contributed by atoms with Crippen LogP contribution in [0, 0.1) is 24.0 Å². The smallest absolute Gasteiger partial charge is 0.269 e. The van der Waals surface area contributed by atoms with E-state index in [1.165, 1.54) is 41.6 Å². The number of carbonyl (C=O) groups excluding carboxylic acids is 1. The van der Waals surface area contributed by atoms with E-state index in [0.29, 0.717) is 11.3 Å². The zero-order valence-electron chi connectivity index (χ0n) is 11.8. The summed E-state index contributed by atoms with van der Waals surface area (Å²) in [7, 11) is 0. The normalized spacial score (nSPS) is 10.4. The van der Waals surface area contributed by atoms with Gasteiger partial charge in [0.25, 0.3) is 5.69 Å². The van der Waals surface area contributed by atoms with E-state index < -0.39 is 4.92 Å². The predicted octanol–water partition coefficient (Wildman–Crippen LogP) is 4.19. The predicted molar refractivity (Wildman–Crippen MR) is 84.1 cm³/mol. The van der Waals surface area contributed by atoms with Crippen LogP contribution < -0.4 is 0 Å². The van der Waals surface area contributed by atoms with Crippen molar-refractivity contribution in [3.63, 3.8) is 0 Å². The second-order valence-corrected chi connectivity index (χ2v) is 5.80. The molecule has 0 spiro atoms. The van der Waals surface area contributed by atoms with Gasteiger partial charge in [-0.25, -0.2) is 0 Å². The van der Waals surface area contributed by atoms with E-state index in [4.69, 9.17) is 0 Å². The van der Waals surface area contributed by atoms with Crippen molar-refractivity contribution in [2.45, 2.75) is 18.7 Å². The molecule has 2 aromatic rings. The first-order valence-electron chi connectivity index (χ1n) is 6.45. The lowest BCUT2D eigenvalue weighted by molar-refractivity contribution is -0.384. The number of ketones is 1. The average molecular weight is 301 g/mol. The number of hydrogen-bond acceptors (Lipinski definition) is 4. The Morgan fingerprint density at radius 1 is 1.14 bits per heavy atom. The third kappa shape index (κ3) is 3.92. The van der Waals surface area contributed by atoms with Crippen LogP contribution in [-0.4, -0.2) is 16.5 Å². The zero-order valence-corrected chi connectivity index (χ0v) is 12.6. The van der Waals surface area contributed by atoms with Crippen molar-refractivity contribution < 1.29 is 9.72 Å². The summed E-state index contributed by atoms with van der Waals surface area (Å²) in [4.78, 5) is 23.3. The number of thioether (sulfide) groups is 1. The number of hydrogen-bond donors (Lipinski definition) is 0. The standard InChI is InChI=1S/C16H15NO3S/c1-11-3-8-16(12(2)9-11)21-10-15(18)13-4-6-14(7-5-13)17(19)20/h3-9H,10H2,1-2H3. The summed E-state index contributed by atoms with van der Waals surface area (Å²) in [5.41, 5.74) is 2.83. The van der Waals surface area contributed by atoms with Gasteiger partial charge in [-0.1, -0.05) is 17.7 Å². The highest BCUT2D eigenvalue weighted by atomic mass is 32.2. The third-order valence-corrected chi connectivity index (χ3v) is 4.26. The summed E-state index contributed by atoms with van der Waals surface area (Å²) in [5, 5.41) is 10.6. The largest absolute Gasteiger partial charge is 0.293 e. The number of nitro benzene ring substituents is 1. The molecule has 0 radical (unpaired) electrons. The Kier molecular flexibility index (Phi) is 4.75. The molecule has 0 aliphatic heterocycles. The highest BCUT2D eigenvalue weighted by Crippen LogP contribution is 2.24. The first-order valence-corrected chi connectivity index (χ1v) is 7.43. The van der Waals surface area contributed by atoms with Gasteiger partial charge in [0.1, 0.15) is 0 Å². The van der Waals surface area contributed by atoms with Gasteiger partial charge in [0, 0.05) is 22.6 Å². The fourth-order valence-corrected chi connectivity index (χ4v) is 2.86. The second kappa shape index (κ2) is 6.54. The number of nitrogens with zero attached hydrogens (tertiary/aromatic N) is 1. The van der Waals surface area contributed by atoms with Crippen molar-refractivity contribution in [1.82, 2.24) is 0 Å². The fraction of sp³-hybridized carbons (Fsp3) is 0.188. The Morgan fingerprint density at radius 2 is 1.81 bits per heavy atom. The van der Waals surface area contributed by atoms with Crippen molar-refractivity contribution >= 4 is 23.2 Å². The van der Waals surface area contributed by atoms with Crippen LogP contribution in [0.1, 0.15) is 21.5 Å². The molecule has 21 heavy (non-hydrogen) atoms. The summed E-state index contributed by atoms with van der Waals surface area (Å²) in [6, 6.07) is 11.8. The number of benzene rings is 2. The average Bonchev–Trinajstić information content (AvgIpc) is 2.46. The van der Waals surface area contributed by atoms with Gasteiger partial charge in [0.2, 0.25) is 0 Å². The Hall–Kier alpha value is -2.14. The Balaban J connectivity index is 2.02. The zero-order chi connectivity index (χ0) is 15.4. The minimum Gasteiger partial charge on any atom is -0.293 e. The van der Waals surface area contributed by atoms with Crippen molar-refractivity contribution in [3.8, 4) is 0 Å². The topological polar surface area (TPSA) is 60.2 Å². The lowest BCUT2D eigenvalue weighted by Gasteiger charge is -2.06. The summed E-state index contributed by atoms with van der Waals surface area (Å²) in [6.07, 6.45) is 0. The molecule has 0 aliphatic rings. The molecule has 2 rings (SSSR count). The molecule has 0 atom stereocenters. The molecule has 108 valence electrons. The van der Waals surface area contributed by atoms with E-state index >= 15 is 0 Å². The molecule has 0 aromatic heterocycles. The quantitative estimate of drug-likeness (QED) is 0.359. The Morgan fingerprint density at radius 3 is 2.38 bits per heavy atom. The second-order valence-electron chi connectivity index (χ2n) is 4.78. The van der Waals surface area contributed by atoms with Crippen molar-refractivity contribution in [2.24, 2.45) is 0 Å². The molecule has 0 bridgehead atoms. The van der Waals surface area contributed by atoms with E-state index in [2.05, 4.69) is 6.07 Å². The molecule has 0 heterocycles. The Labute approximate surface area is 127 Å². The molecule has 0 saturated carbocycles. The molecule has 0 fully saturated rings. The maximum absolute atomic E-state index is 12.1. The van der Waals surface area contributed by atoms with E-state index in [-0.39, 0.29) is 11.5 Å². The number of rotatable bonds is 5. The number of non-ortho nitro benzene ring substituents is 1. The Bertz CT molecular complexity index is 680. The van der Waals surface area contributed by atoms with E-state index in [1.54, 1.807) is 0 Å². The van der Waals surface area contributed by atoms with Gasteiger partial charge >= 0.3 is 0 Å². The van der Waals surface area contributed by atoms with Crippen molar-refractivity contribution in [2.75, 3.05) is 5.75 Å². The SMILES string of the molecule is Cc1ccc(SCC(=O)c2ccc([N+](=O)[O-])cc2)c(C)c1. The molecule has 2 aromatic carbocycles. The molecule has 0 N–H and O–H groups in total. The van der Waals surface area contributed by atoms with Gasteiger partial charge in [-0.15, -0.1) is 11.8 Å². The van der Waals surface area contributed by atoms with Crippen molar-refractivity contribution in [1.29, 1.82) is 0 Å². The van der Waals surface area contributed by atoms with Gasteiger partial charge in [-0.2, -0.15) is 0 Å². The monoisotopic (exact) mass is 301 g/mol. The lowest BCUT2D eigenvalue weighted by Crippen LogP contribution is -2.02. The van der Waals surface area contributed by atoms with Gasteiger partial charge in [-0.3, -0.25) is 14.9 Å². The molecule has 0 amide bonds. The van der Waals surface area contributed by atoms with Crippen LogP contribution in [0.3, 0.4) is 0 Å². The first-order chi connectivity index (χ1) is 9.97. The molecule has 0 saturated heterocycles. The maximum Gasteiger partial charge on any atom is 0.269 e. The van der Waals surface area contributed by atoms with Crippen LogP contribution in [-0.2, 0) is 0 Å². The summed E-state index contributed by atoms with van der Waals surface area (Å²) < 4.78 is 0. The maximum atomic E-state index is 12.1. The first kappa shape index (κ1) is 15.3. The molecule has 4 nitrogen and oxygen atoms in total. The highest BCUT2D eigenvalue weighted by Gasteiger charge is 2.10. The van der Waals surface area contributed by atoms with E-state index in [0.717, 1.165) is 10.5 Å². The highest BCUT2D eigenvalue weighted by molar-refractivity contribution is 8.00. The van der Waals surface area contributed by atoms with E-state index in [1.807, 2.05) is 26.0 Å². The molecular formula is C16H15NO3S. The van der Waals surface area contributed by atoms with Crippen molar-refractivity contribution in [3.05, 3.63) is 69.3 Å². The van der Waals surface area contributed by atoms with Crippen LogP contribution in [0.4, 0.5) is 5.69 Å². The summed E-state index contributed by atoms with van der Waals surface area (Å²) in [5.74, 6) is 0.289. The van der Waals surface area contributed by atoms with Crippen LogP contribution in [0.25, 0.3) is 0 Å². The van der Waals surface area contributed by atoms with Crippen LogP contribution in [0.15, 0.2) is 47.4 Å². The summed E-state index contributed by atoms with van der Waals surface area (Å²) >= 11 is 1.49. The minimum absolute atomic E-state index is 0.00594. The van der Waals surface area contributed by atoms with Gasteiger partial charge < -0.3 is 0 Å². The van der Waals surface area contributed by atoms with Crippen LogP contribution >= 0.6 is 11.8 Å². The minimum atomic E-state index is -0.474. The lowest BCUT2D eigenvalue weighted by atomic mass is 10.1. The van der Waals surface area contributed by atoms with Gasteiger partial charge in [-0.05, 0) is 37.6 Å². The molecule has 0 unspecified atom stereocenters. The fourth-order valence-electron chi connectivity index (χ4n) is 1.96. The van der Waals surface area contributed by atoms with Crippen LogP contribution in [0.5, 0.6) is 0 Å². The van der Waals surface area contributed by atoms with Crippen LogP contribution in [0.2, 0.25) is 0 Å².